The van der Waals surface area contributed by atoms with Crippen LogP contribution in [0.5, 0.6) is 0 Å². The molecule has 1 aliphatic heterocycles. The van der Waals surface area contributed by atoms with Crippen molar-refractivity contribution in [2.45, 2.75) is 44.7 Å². The van der Waals surface area contributed by atoms with Crippen LogP contribution in [-0.4, -0.2) is 18.6 Å². The van der Waals surface area contributed by atoms with Crippen LogP contribution in [0, 0.1) is 11.3 Å². The van der Waals surface area contributed by atoms with Gasteiger partial charge >= 0.3 is 0 Å². The molecule has 0 aromatic heterocycles. The first kappa shape index (κ1) is 14.2. The fourth-order valence-corrected chi connectivity index (χ4v) is 2.81. The molecule has 1 aromatic carbocycles. The normalized spacial score (nSPS) is 20.6. The lowest BCUT2D eigenvalue weighted by atomic mass is 9.98. The van der Waals surface area contributed by atoms with Gasteiger partial charge in [0, 0.05) is 12.1 Å². The molecule has 19 heavy (non-hydrogen) atoms. The summed E-state index contributed by atoms with van der Waals surface area (Å²) < 4.78 is 0. The van der Waals surface area contributed by atoms with Gasteiger partial charge in [-0.2, -0.15) is 5.26 Å². The molecule has 1 aromatic rings. The summed E-state index contributed by atoms with van der Waals surface area (Å²) >= 11 is 6.17. The van der Waals surface area contributed by atoms with Crippen LogP contribution in [0.3, 0.4) is 0 Å². The van der Waals surface area contributed by atoms with E-state index in [1.54, 1.807) is 12.1 Å². The van der Waals surface area contributed by atoms with Crippen molar-refractivity contribution in [3.63, 3.8) is 0 Å². The molecule has 1 fully saturated rings. The maximum Gasteiger partial charge on any atom is 0.0992 e. The second kappa shape index (κ2) is 6.79. The predicted octanol–water partition coefficient (Wildman–Crippen LogP) is 3.54. The minimum absolute atomic E-state index is 0.362. The van der Waals surface area contributed by atoms with Crippen molar-refractivity contribution in [3.8, 4) is 6.07 Å². The maximum atomic E-state index is 8.81. The molecule has 0 bridgehead atoms. The summed E-state index contributed by atoms with van der Waals surface area (Å²) in [4.78, 5) is 0. The number of benzene rings is 1. The quantitative estimate of drug-likeness (QED) is 0.885. The number of anilines is 1. The van der Waals surface area contributed by atoms with Crippen LogP contribution < -0.4 is 10.6 Å². The zero-order chi connectivity index (χ0) is 13.7. The Morgan fingerprint density at radius 1 is 1.53 bits per heavy atom. The number of nitrogens with one attached hydrogen (secondary N) is 2. The van der Waals surface area contributed by atoms with Crippen molar-refractivity contribution >= 4 is 17.3 Å². The lowest BCUT2D eigenvalue weighted by Gasteiger charge is -2.27. The smallest absolute Gasteiger partial charge is 0.0992 e. The molecule has 4 heteroatoms. The Hall–Kier alpha value is -1.24. The van der Waals surface area contributed by atoms with E-state index in [1.807, 2.05) is 6.07 Å². The van der Waals surface area contributed by atoms with Crippen LogP contribution >= 0.6 is 11.6 Å². The Morgan fingerprint density at radius 3 is 3.00 bits per heavy atom. The van der Waals surface area contributed by atoms with Gasteiger partial charge < -0.3 is 10.6 Å². The van der Waals surface area contributed by atoms with E-state index in [2.05, 4.69) is 23.6 Å². The number of hydrogen-bond acceptors (Lipinski definition) is 3. The Morgan fingerprint density at radius 2 is 2.37 bits per heavy atom. The van der Waals surface area contributed by atoms with Crippen molar-refractivity contribution < 1.29 is 0 Å². The Labute approximate surface area is 120 Å². The molecule has 0 radical (unpaired) electrons. The second-order valence-corrected chi connectivity index (χ2v) is 5.64. The van der Waals surface area contributed by atoms with Crippen molar-refractivity contribution in [1.82, 2.24) is 5.32 Å². The Balaban J connectivity index is 1.91. The molecule has 2 unspecified atom stereocenters. The number of hydrogen-bond donors (Lipinski definition) is 2. The van der Waals surface area contributed by atoms with E-state index in [0.29, 0.717) is 22.7 Å². The van der Waals surface area contributed by atoms with Crippen LogP contribution in [0.25, 0.3) is 0 Å². The van der Waals surface area contributed by atoms with Gasteiger partial charge in [0.2, 0.25) is 0 Å². The Kier molecular flexibility index (Phi) is 5.07. The van der Waals surface area contributed by atoms with E-state index in [9.17, 15) is 0 Å². The van der Waals surface area contributed by atoms with Gasteiger partial charge in [-0.1, -0.05) is 18.0 Å². The van der Waals surface area contributed by atoms with Crippen LogP contribution in [-0.2, 0) is 0 Å². The van der Waals surface area contributed by atoms with Gasteiger partial charge in [-0.05, 0) is 50.9 Å². The van der Waals surface area contributed by atoms with E-state index in [0.717, 1.165) is 18.7 Å². The number of piperidine rings is 1. The van der Waals surface area contributed by atoms with E-state index < -0.39 is 0 Å². The van der Waals surface area contributed by atoms with E-state index in [1.165, 1.54) is 19.3 Å². The third-order valence-corrected chi connectivity index (χ3v) is 3.86. The maximum absolute atomic E-state index is 8.81. The summed E-state index contributed by atoms with van der Waals surface area (Å²) in [6.45, 7) is 3.31. The van der Waals surface area contributed by atoms with E-state index in [-0.39, 0.29) is 0 Å². The van der Waals surface area contributed by atoms with Crippen molar-refractivity contribution in [2.75, 3.05) is 11.9 Å². The van der Waals surface area contributed by atoms with E-state index in [4.69, 9.17) is 16.9 Å². The summed E-state index contributed by atoms with van der Waals surface area (Å²) in [7, 11) is 0. The first-order chi connectivity index (χ1) is 9.19. The fraction of sp³-hybridized carbons (Fsp3) is 0.533. The summed E-state index contributed by atoms with van der Waals surface area (Å²) in [6.07, 6.45) is 4.96. The Bertz CT molecular complexity index is 461. The first-order valence-electron chi connectivity index (χ1n) is 6.88. The molecule has 3 nitrogen and oxygen atoms in total. The van der Waals surface area contributed by atoms with Gasteiger partial charge in [0.25, 0.3) is 0 Å². The molecule has 0 spiro atoms. The summed E-state index contributed by atoms with van der Waals surface area (Å²) in [6, 6.07) is 8.43. The van der Waals surface area contributed by atoms with Crippen molar-refractivity contribution in [1.29, 1.82) is 5.26 Å². The summed E-state index contributed by atoms with van der Waals surface area (Å²) in [5.74, 6) is 0. The van der Waals surface area contributed by atoms with Gasteiger partial charge in [-0.3, -0.25) is 0 Å². The number of nitrogens with zero attached hydrogens (tertiary/aromatic N) is 1. The minimum atomic E-state index is 0.362. The fourth-order valence-electron chi connectivity index (χ4n) is 2.58. The molecule has 2 rings (SSSR count). The topological polar surface area (TPSA) is 47.8 Å². The second-order valence-electron chi connectivity index (χ2n) is 5.23. The van der Waals surface area contributed by atoms with Crippen molar-refractivity contribution in [2.24, 2.45) is 0 Å². The molecule has 0 aliphatic carbocycles. The highest BCUT2D eigenvalue weighted by molar-refractivity contribution is 6.33. The molecular weight excluding hydrogens is 258 g/mol. The molecule has 102 valence electrons. The highest BCUT2D eigenvalue weighted by atomic mass is 35.5. The summed E-state index contributed by atoms with van der Waals surface area (Å²) in [5, 5.41) is 16.4. The lowest BCUT2D eigenvalue weighted by Crippen LogP contribution is -2.37. The van der Waals surface area contributed by atoms with Crippen LogP contribution in [0.2, 0.25) is 5.02 Å². The summed E-state index contributed by atoms with van der Waals surface area (Å²) in [5.41, 5.74) is 1.50. The average molecular weight is 278 g/mol. The van der Waals surface area contributed by atoms with Crippen LogP contribution in [0.15, 0.2) is 18.2 Å². The number of nitriles is 1. The molecule has 2 N–H and O–H groups in total. The average Bonchev–Trinajstić information content (AvgIpc) is 2.42. The molecule has 1 heterocycles. The molecule has 2 atom stereocenters. The predicted molar refractivity (Wildman–Crippen MR) is 79.5 cm³/mol. The van der Waals surface area contributed by atoms with Gasteiger partial charge in [-0.15, -0.1) is 0 Å². The van der Waals surface area contributed by atoms with Crippen LogP contribution in [0.4, 0.5) is 5.69 Å². The van der Waals surface area contributed by atoms with Gasteiger partial charge in [0.15, 0.2) is 0 Å². The standard InChI is InChI=1S/C15H20ClN3/c1-11(8-13-4-2-3-7-18-13)19-15-6-5-12(10-17)9-14(15)16/h5-6,9,11,13,18-19H,2-4,7-8H2,1H3. The number of halogens is 1. The number of rotatable bonds is 4. The minimum Gasteiger partial charge on any atom is -0.381 e. The zero-order valence-electron chi connectivity index (χ0n) is 11.2. The van der Waals surface area contributed by atoms with Gasteiger partial charge in [0.05, 0.1) is 22.3 Å². The SMILES string of the molecule is CC(CC1CCCCN1)Nc1ccc(C#N)cc1Cl. The van der Waals surface area contributed by atoms with Crippen molar-refractivity contribution in [3.05, 3.63) is 28.8 Å². The highest BCUT2D eigenvalue weighted by Crippen LogP contribution is 2.24. The molecular formula is C15H20ClN3. The van der Waals surface area contributed by atoms with Gasteiger partial charge in [0.1, 0.15) is 0 Å². The zero-order valence-corrected chi connectivity index (χ0v) is 12.0. The molecule has 0 amide bonds. The monoisotopic (exact) mass is 277 g/mol. The lowest BCUT2D eigenvalue weighted by molar-refractivity contribution is 0.371. The first-order valence-corrected chi connectivity index (χ1v) is 7.26. The molecule has 1 aliphatic rings. The van der Waals surface area contributed by atoms with E-state index >= 15 is 0 Å². The van der Waals surface area contributed by atoms with Crippen LogP contribution in [0.1, 0.15) is 38.2 Å². The third-order valence-electron chi connectivity index (χ3n) is 3.55. The molecule has 1 saturated heterocycles. The largest absolute Gasteiger partial charge is 0.381 e. The molecule has 0 saturated carbocycles. The van der Waals surface area contributed by atoms with Gasteiger partial charge in [-0.25, -0.2) is 0 Å². The third kappa shape index (κ3) is 4.12. The highest BCUT2D eigenvalue weighted by Gasteiger charge is 2.16.